The van der Waals surface area contributed by atoms with Gasteiger partial charge in [0.15, 0.2) is 5.16 Å². The predicted octanol–water partition coefficient (Wildman–Crippen LogP) is 5.47. The second kappa shape index (κ2) is 6.95. The van der Waals surface area contributed by atoms with Crippen LogP contribution >= 0.6 is 46.3 Å². The summed E-state index contributed by atoms with van der Waals surface area (Å²) in [5.74, 6) is 0.688. The van der Waals surface area contributed by atoms with Crippen LogP contribution in [-0.2, 0) is 25.6 Å². The average Bonchev–Trinajstić information content (AvgIpc) is 2.98. The molecule has 0 saturated heterocycles. The number of aromatic nitrogens is 2. The Bertz CT molecular complexity index is 1030. The Morgan fingerprint density at radius 3 is 2.84 bits per heavy atom. The van der Waals surface area contributed by atoms with Gasteiger partial charge in [-0.05, 0) is 48.9 Å². The number of fused-ring (bicyclic) bond motifs is 3. The van der Waals surface area contributed by atoms with Crippen molar-refractivity contribution >= 4 is 56.5 Å². The van der Waals surface area contributed by atoms with Gasteiger partial charge in [-0.1, -0.05) is 41.0 Å². The van der Waals surface area contributed by atoms with Crippen molar-refractivity contribution in [3.8, 4) is 0 Å². The highest BCUT2D eigenvalue weighted by Gasteiger charge is 2.21. The van der Waals surface area contributed by atoms with Gasteiger partial charge in [-0.2, -0.15) is 0 Å². The molecule has 0 unspecified atom stereocenters. The van der Waals surface area contributed by atoms with Crippen molar-refractivity contribution in [2.45, 2.75) is 36.6 Å². The normalized spacial score (nSPS) is 14.0. The SMILES string of the molecule is Cn1c(SCc2ccc(Cl)c(Cl)c2)nc2sc3c(c2c1=O)CCCC3. The van der Waals surface area contributed by atoms with Crippen molar-refractivity contribution in [2.24, 2.45) is 7.05 Å². The molecule has 1 aliphatic rings. The lowest BCUT2D eigenvalue weighted by Crippen LogP contribution is -2.20. The van der Waals surface area contributed by atoms with Gasteiger partial charge in [0, 0.05) is 17.7 Å². The molecule has 1 aromatic carbocycles. The van der Waals surface area contributed by atoms with E-state index in [1.54, 1.807) is 40.8 Å². The first-order valence-corrected chi connectivity index (χ1v) is 10.7. The number of aryl methyl sites for hydroxylation is 2. The van der Waals surface area contributed by atoms with Crippen LogP contribution in [0.15, 0.2) is 28.2 Å². The van der Waals surface area contributed by atoms with Gasteiger partial charge in [-0.3, -0.25) is 9.36 Å². The lowest BCUT2D eigenvalue weighted by atomic mass is 9.97. The average molecular weight is 411 g/mol. The monoisotopic (exact) mass is 410 g/mol. The van der Waals surface area contributed by atoms with Crippen LogP contribution in [0.4, 0.5) is 0 Å². The van der Waals surface area contributed by atoms with Crippen LogP contribution < -0.4 is 5.56 Å². The second-order valence-electron chi connectivity index (χ2n) is 6.19. The number of thioether (sulfide) groups is 1. The van der Waals surface area contributed by atoms with E-state index in [9.17, 15) is 4.79 Å². The van der Waals surface area contributed by atoms with Crippen LogP contribution in [0.2, 0.25) is 10.0 Å². The summed E-state index contributed by atoms with van der Waals surface area (Å²) in [6, 6.07) is 5.60. The fourth-order valence-electron chi connectivity index (χ4n) is 3.17. The minimum absolute atomic E-state index is 0.0704. The maximum absolute atomic E-state index is 12.9. The van der Waals surface area contributed by atoms with E-state index in [4.69, 9.17) is 28.2 Å². The summed E-state index contributed by atoms with van der Waals surface area (Å²) in [7, 11) is 1.80. The zero-order valence-electron chi connectivity index (χ0n) is 13.6. The van der Waals surface area contributed by atoms with E-state index in [1.807, 2.05) is 12.1 Å². The molecule has 4 rings (SSSR count). The highest BCUT2D eigenvalue weighted by molar-refractivity contribution is 7.98. The Morgan fingerprint density at radius 1 is 1.24 bits per heavy atom. The molecule has 0 saturated carbocycles. The third-order valence-corrected chi connectivity index (χ3v) is 7.53. The van der Waals surface area contributed by atoms with Gasteiger partial charge in [-0.15, -0.1) is 11.3 Å². The fraction of sp³-hybridized carbons (Fsp3) is 0.333. The van der Waals surface area contributed by atoms with Crippen LogP contribution in [0.3, 0.4) is 0 Å². The van der Waals surface area contributed by atoms with Crippen LogP contribution in [0.25, 0.3) is 10.2 Å². The fourth-order valence-corrected chi connectivity index (χ4v) is 5.71. The van der Waals surface area contributed by atoms with Crippen molar-refractivity contribution in [3.63, 3.8) is 0 Å². The van der Waals surface area contributed by atoms with E-state index in [1.165, 1.54) is 16.9 Å². The van der Waals surface area contributed by atoms with E-state index < -0.39 is 0 Å². The van der Waals surface area contributed by atoms with Crippen LogP contribution in [0.5, 0.6) is 0 Å². The lowest BCUT2D eigenvalue weighted by Gasteiger charge is -2.11. The van der Waals surface area contributed by atoms with Crippen molar-refractivity contribution < 1.29 is 0 Å². The molecule has 7 heteroatoms. The molecule has 3 aromatic rings. The van der Waals surface area contributed by atoms with Gasteiger partial charge in [0.05, 0.1) is 15.4 Å². The molecule has 3 nitrogen and oxygen atoms in total. The van der Waals surface area contributed by atoms with Crippen LogP contribution in [0, 0.1) is 0 Å². The molecule has 0 spiro atoms. The number of hydrogen-bond donors (Lipinski definition) is 0. The summed E-state index contributed by atoms with van der Waals surface area (Å²) in [6.45, 7) is 0. The third kappa shape index (κ3) is 3.23. The first kappa shape index (κ1) is 17.4. The Hall–Kier alpha value is -1.01. The Morgan fingerprint density at radius 2 is 2.04 bits per heavy atom. The summed E-state index contributed by atoms with van der Waals surface area (Å²) < 4.78 is 1.67. The minimum Gasteiger partial charge on any atom is -0.290 e. The third-order valence-electron chi connectivity index (χ3n) is 4.51. The van der Waals surface area contributed by atoms with E-state index >= 15 is 0 Å². The molecule has 0 N–H and O–H groups in total. The molecule has 0 amide bonds. The van der Waals surface area contributed by atoms with E-state index in [0.717, 1.165) is 40.2 Å². The maximum Gasteiger partial charge on any atom is 0.262 e. The number of nitrogens with zero attached hydrogens (tertiary/aromatic N) is 2. The Labute approximate surface area is 164 Å². The van der Waals surface area contributed by atoms with Crippen LogP contribution in [-0.4, -0.2) is 9.55 Å². The van der Waals surface area contributed by atoms with Crippen molar-refractivity contribution in [1.82, 2.24) is 9.55 Å². The number of halogens is 2. The smallest absolute Gasteiger partial charge is 0.262 e. The molecule has 0 fully saturated rings. The van der Waals surface area contributed by atoms with Gasteiger partial charge < -0.3 is 0 Å². The molecule has 2 heterocycles. The zero-order valence-corrected chi connectivity index (χ0v) is 16.8. The standard InChI is InChI=1S/C18H16Cl2N2OS2/c1-22-17(23)15-11-4-2-3-5-14(11)25-16(15)21-18(22)24-9-10-6-7-12(19)13(20)8-10/h6-8H,2-5,9H2,1H3. The summed E-state index contributed by atoms with van der Waals surface area (Å²) in [5.41, 5.74) is 2.36. The number of rotatable bonds is 3. The Balaban J connectivity index is 1.69. The van der Waals surface area contributed by atoms with E-state index in [2.05, 4.69) is 0 Å². The van der Waals surface area contributed by atoms with Gasteiger partial charge in [-0.25, -0.2) is 4.98 Å². The number of thiophene rings is 1. The molecule has 130 valence electrons. The number of hydrogen-bond acceptors (Lipinski definition) is 4. The molecule has 2 aromatic heterocycles. The summed E-state index contributed by atoms with van der Waals surface area (Å²) in [6.07, 6.45) is 4.45. The molecular formula is C18H16Cl2N2OS2. The summed E-state index contributed by atoms with van der Waals surface area (Å²) >= 11 is 15.3. The van der Waals surface area contributed by atoms with E-state index in [0.29, 0.717) is 15.8 Å². The van der Waals surface area contributed by atoms with E-state index in [-0.39, 0.29) is 5.56 Å². The van der Waals surface area contributed by atoms with Crippen molar-refractivity contribution in [3.05, 3.63) is 54.6 Å². The molecule has 0 radical (unpaired) electrons. The van der Waals surface area contributed by atoms with Gasteiger partial charge in [0.1, 0.15) is 4.83 Å². The quantitative estimate of drug-likeness (QED) is 0.423. The molecule has 0 bridgehead atoms. The molecule has 0 aliphatic heterocycles. The largest absolute Gasteiger partial charge is 0.290 e. The highest BCUT2D eigenvalue weighted by atomic mass is 35.5. The summed E-state index contributed by atoms with van der Waals surface area (Å²) in [4.78, 5) is 19.9. The molecule has 25 heavy (non-hydrogen) atoms. The Kier molecular flexibility index (Phi) is 4.84. The molecule has 1 aliphatic carbocycles. The summed E-state index contributed by atoms with van der Waals surface area (Å²) in [5, 5.41) is 2.66. The highest BCUT2D eigenvalue weighted by Crippen LogP contribution is 2.35. The van der Waals surface area contributed by atoms with Gasteiger partial charge in [0.25, 0.3) is 5.56 Å². The van der Waals surface area contributed by atoms with Crippen molar-refractivity contribution in [2.75, 3.05) is 0 Å². The second-order valence-corrected chi connectivity index (χ2v) is 9.03. The predicted molar refractivity (Wildman–Crippen MR) is 108 cm³/mol. The van der Waals surface area contributed by atoms with Crippen LogP contribution in [0.1, 0.15) is 28.8 Å². The van der Waals surface area contributed by atoms with Gasteiger partial charge in [0.2, 0.25) is 0 Å². The molecule has 0 atom stereocenters. The zero-order chi connectivity index (χ0) is 17.6. The lowest BCUT2D eigenvalue weighted by molar-refractivity contribution is 0.695. The first-order chi connectivity index (χ1) is 12.0. The minimum atomic E-state index is 0.0704. The van der Waals surface area contributed by atoms with Crippen molar-refractivity contribution in [1.29, 1.82) is 0 Å². The topological polar surface area (TPSA) is 34.9 Å². The maximum atomic E-state index is 12.9. The molecular weight excluding hydrogens is 395 g/mol. The first-order valence-electron chi connectivity index (χ1n) is 8.12. The number of benzene rings is 1. The van der Waals surface area contributed by atoms with Gasteiger partial charge >= 0.3 is 0 Å².